The zero-order valence-corrected chi connectivity index (χ0v) is 11.1. The van der Waals surface area contributed by atoms with Crippen molar-refractivity contribution < 1.29 is 4.79 Å². The Bertz CT molecular complexity index is 411. The molecule has 1 saturated heterocycles. The van der Waals surface area contributed by atoms with E-state index in [-0.39, 0.29) is 5.91 Å². The molecule has 1 aromatic heterocycles. The number of anilines is 1. The number of carbonyl (C=O) groups excluding carboxylic acids is 1. The van der Waals surface area contributed by atoms with Crippen LogP contribution < -0.4 is 10.2 Å². The SMILES string of the molecule is CCNC(=O)c1cccnc1N1CCC(C)CC1. The number of hydrogen-bond acceptors (Lipinski definition) is 3. The fourth-order valence-corrected chi connectivity index (χ4v) is 2.30. The van der Waals surface area contributed by atoms with Gasteiger partial charge in [-0.25, -0.2) is 4.98 Å². The summed E-state index contributed by atoms with van der Waals surface area (Å²) in [7, 11) is 0. The molecule has 1 fully saturated rings. The van der Waals surface area contributed by atoms with Crippen LogP contribution in [0.1, 0.15) is 37.0 Å². The quantitative estimate of drug-likeness (QED) is 0.889. The summed E-state index contributed by atoms with van der Waals surface area (Å²) >= 11 is 0. The Morgan fingerprint density at radius 1 is 1.50 bits per heavy atom. The molecule has 4 nitrogen and oxygen atoms in total. The van der Waals surface area contributed by atoms with E-state index in [0.717, 1.165) is 24.8 Å². The number of rotatable bonds is 3. The van der Waals surface area contributed by atoms with Gasteiger partial charge in [0, 0.05) is 25.8 Å². The number of carbonyl (C=O) groups is 1. The lowest BCUT2D eigenvalue weighted by molar-refractivity contribution is 0.0956. The highest BCUT2D eigenvalue weighted by molar-refractivity contribution is 5.98. The number of pyridine rings is 1. The molecule has 0 aliphatic carbocycles. The number of nitrogens with zero attached hydrogens (tertiary/aromatic N) is 2. The van der Waals surface area contributed by atoms with Crippen molar-refractivity contribution in [1.29, 1.82) is 0 Å². The molecule has 0 unspecified atom stereocenters. The normalized spacial score (nSPS) is 16.7. The summed E-state index contributed by atoms with van der Waals surface area (Å²) in [5.74, 6) is 1.58. The Morgan fingerprint density at radius 3 is 2.89 bits per heavy atom. The number of hydrogen-bond donors (Lipinski definition) is 1. The van der Waals surface area contributed by atoms with Crippen molar-refractivity contribution in [2.24, 2.45) is 5.92 Å². The van der Waals surface area contributed by atoms with E-state index in [0.29, 0.717) is 12.1 Å². The van der Waals surface area contributed by atoms with Gasteiger partial charge >= 0.3 is 0 Å². The van der Waals surface area contributed by atoms with Gasteiger partial charge in [-0.1, -0.05) is 6.92 Å². The number of piperidine rings is 1. The first kappa shape index (κ1) is 12.9. The minimum Gasteiger partial charge on any atom is -0.356 e. The van der Waals surface area contributed by atoms with E-state index in [2.05, 4.69) is 22.1 Å². The maximum atomic E-state index is 12.0. The van der Waals surface area contributed by atoms with Crippen LogP contribution in [0.2, 0.25) is 0 Å². The fraction of sp³-hybridized carbons (Fsp3) is 0.571. The average molecular weight is 247 g/mol. The smallest absolute Gasteiger partial charge is 0.255 e. The van der Waals surface area contributed by atoms with Gasteiger partial charge in [-0.2, -0.15) is 0 Å². The van der Waals surface area contributed by atoms with Gasteiger partial charge in [0.25, 0.3) is 5.91 Å². The Kier molecular flexibility index (Phi) is 4.18. The van der Waals surface area contributed by atoms with E-state index in [9.17, 15) is 4.79 Å². The monoisotopic (exact) mass is 247 g/mol. The average Bonchev–Trinajstić information content (AvgIpc) is 2.40. The predicted octanol–water partition coefficient (Wildman–Crippen LogP) is 2.07. The first-order chi connectivity index (χ1) is 8.72. The zero-order valence-electron chi connectivity index (χ0n) is 11.1. The third-order valence-corrected chi connectivity index (χ3v) is 3.45. The second-order valence-corrected chi connectivity index (χ2v) is 4.90. The molecule has 1 amide bonds. The van der Waals surface area contributed by atoms with Crippen LogP contribution in [0.3, 0.4) is 0 Å². The molecule has 4 heteroatoms. The topological polar surface area (TPSA) is 45.2 Å². The van der Waals surface area contributed by atoms with Crippen LogP contribution in [-0.2, 0) is 0 Å². The summed E-state index contributed by atoms with van der Waals surface area (Å²) in [5, 5.41) is 2.84. The molecule has 0 radical (unpaired) electrons. The van der Waals surface area contributed by atoms with Crippen LogP contribution in [0.5, 0.6) is 0 Å². The van der Waals surface area contributed by atoms with E-state index in [4.69, 9.17) is 0 Å². The molecule has 18 heavy (non-hydrogen) atoms. The van der Waals surface area contributed by atoms with Gasteiger partial charge < -0.3 is 10.2 Å². The van der Waals surface area contributed by atoms with Gasteiger partial charge in [-0.05, 0) is 37.8 Å². The summed E-state index contributed by atoms with van der Waals surface area (Å²) in [5.41, 5.74) is 0.689. The third kappa shape index (κ3) is 2.81. The summed E-state index contributed by atoms with van der Waals surface area (Å²) in [4.78, 5) is 18.6. The van der Waals surface area contributed by atoms with Gasteiger partial charge in [0.1, 0.15) is 5.82 Å². The van der Waals surface area contributed by atoms with E-state index in [1.165, 1.54) is 12.8 Å². The molecule has 98 valence electrons. The van der Waals surface area contributed by atoms with Crippen LogP contribution in [0.4, 0.5) is 5.82 Å². The minimum absolute atomic E-state index is 0.0285. The fourth-order valence-electron chi connectivity index (χ4n) is 2.30. The highest BCUT2D eigenvalue weighted by atomic mass is 16.1. The lowest BCUT2D eigenvalue weighted by Crippen LogP contribution is -2.35. The van der Waals surface area contributed by atoms with Crippen molar-refractivity contribution in [3.63, 3.8) is 0 Å². The van der Waals surface area contributed by atoms with Crippen molar-refractivity contribution in [1.82, 2.24) is 10.3 Å². The molecule has 0 atom stereocenters. The Hall–Kier alpha value is -1.58. The van der Waals surface area contributed by atoms with Crippen molar-refractivity contribution in [3.8, 4) is 0 Å². The van der Waals surface area contributed by atoms with Gasteiger partial charge in [0.15, 0.2) is 0 Å². The van der Waals surface area contributed by atoms with Crippen LogP contribution in [0.25, 0.3) is 0 Å². The molecule has 2 rings (SSSR count). The van der Waals surface area contributed by atoms with E-state index < -0.39 is 0 Å². The molecule has 1 N–H and O–H groups in total. The summed E-state index contributed by atoms with van der Waals surface area (Å²) in [6, 6.07) is 3.67. The van der Waals surface area contributed by atoms with Crippen LogP contribution in [0.15, 0.2) is 18.3 Å². The molecule has 2 heterocycles. The van der Waals surface area contributed by atoms with Gasteiger partial charge in [-0.15, -0.1) is 0 Å². The molecule has 0 spiro atoms. The predicted molar refractivity (Wildman–Crippen MR) is 72.9 cm³/mol. The maximum absolute atomic E-state index is 12.0. The Balaban J connectivity index is 2.19. The van der Waals surface area contributed by atoms with Crippen LogP contribution >= 0.6 is 0 Å². The Morgan fingerprint density at radius 2 is 2.22 bits per heavy atom. The summed E-state index contributed by atoms with van der Waals surface area (Å²) < 4.78 is 0. The van der Waals surface area contributed by atoms with Crippen LogP contribution in [0, 0.1) is 5.92 Å². The first-order valence-corrected chi connectivity index (χ1v) is 6.70. The Labute approximate surface area is 108 Å². The maximum Gasteiger partial charge on any atom is 0.255 e. The molecule has 1 aromatic rings. The van der Waals surface area contributed by atoms with Gasteiger partial charge in [0.05, 0.1) is 5.56 Å². The van der Waals surface area contributed by atoms with Crippen molar-refractivity contribution in [2.75, 3.05) is 24.5 Å². The van der Waals surface area contributed by atoms with E-state index in [1.54, 1.807) is 6.20 Å². The molecule has 0 aromatic carbocycles. The highest BCUT2D eigenvalue weighted by Crippen LogP contribution is 2.24. The number of nitrogens with one attached hydrogen (secondary N) is 1. The molecular formula is C14H21N3O. The third-order valence-electron chi connectivity index (χ3n) is 3.45. The second-order valence-electron chi connectivity index (χ2n) is 4.90. The largest absolute Gasteiger partial charge is 0.356 e. The van der Waals surface area contributed by atoms with Crippen LogP contribution in [-0.4, -0.2) is 30.5 Å². The second kappa shape index (κ2) is 5.85. The summed E-state index contributed by atoms with van der Waals surface area (Å²) in [6.07, 6.45) is 4.10. The number of aromatic nitrogens is 1. The standard InChI is InChI=1S/C14H21N3O/c1-3-15-14(18)12-5-4-8-16-13(12)17-9-6-11(2)7-10-17/h4-5,8,11H,3,6-7,9-10H2,1-2H3,(H,15,18). The number of amides is 1. The molecule has 1 aliphatic rings. The first-order valence-electron chi connectivity index (χ1n) is 6.70. The van der Waals surface area contributed by atoms with Crippen molar-refractivity contribution >= 4 is 11.7 Å². The lowest BCUT2D eigenvalue weighted by atomic mass is 9.99. The zero-order chi connectivity index (χ0) is 13.0. The van der Waals surface area contributed by atoms with Gasteiger partial charge in [-0.3, -0.25) is 4.79 Å². The summed E-state index contributed by atoms with van der Waals surface area (Å²) in [6.45, 7) is 6.83. The highest BCUT2D eigenvalue weighted by Gasteiger charge is 2.21. The van der Waals surface area contributed by atoms with Crippen molar-refractivity contribution in [3.05, 3.63) is 23.9 Å². The molecular weight excluding hydrogens is 226 g/mol. The van der Waals surface area contributed by atoms with E-state index >= 15 is 0 Å². The molecule has 0 bridgehead atoms. The molecule has 1 aliphatic heterocycles. The van der Waals surface area contributed by atoms with Gasteiger partial charge in [0.2, 0.25) is 0 Å². The lowest BCUT2D eigenvalue weighted by Gasteiger charge is -2.32. The van der Waals surface area contributed by atoms with Crippen molar-refractivity contribution in [2.45, 2.75) is 26.7 Å². The van der Waals surface area contributed by atoms with E-state index in [1.807, 2.05) is 19.1 Å². The minimum atomic E-state index is -0.0285. The molecule has 0 saturated carbocycles.